The van der Waals surface area contributed by atoms with Gasteiger partial charge < -0.3 is 14.8 Å². The standard InChI is InChI=1S/C19H20BrNO3/c1-23-15-9-10-18(20)17(12-15)19(22)21-13-5-4-8-16(11-13)24-14-6-2-3-7-14/h4-5,8-12,14H,2-3,6-7H2,1H3,(H,21,22). The van der Waals surface area contributed by atoms with E-state index in [0.717, 1.165) is 23.1 Å². The van der Waals surface area contributed by atoms with Gasteiger partial charge in [0.2, 0.25) is 0 Å². The second-order valence-electron chi connectivity index (χ2n) is 5.85. The minimum absolute atomic E-state index is 0.196. The van der Waals surface area contributed by atoms with Gasteiger partial charge in [-0.1, -0.05) is 6.07 Å². The number of hydrogen-bond donors (Lipinski definition) is 1. The van der Waals surface area contributed by atoms with E-state index >= 15 is 0 Å². The maximum Gasteiger partial charge on any atom is 0.256 e. The van der Waals surface area contributed by atoms with Crippen molar-refractivity contribution in [2.75, 3.05) is 12.4 Å². The highest BCUT2D eigenvalue weighted by atomic mass is 79.9. The number of carbonyl (C=O) groups is 1. The normalized spacial score (nSPS) is 14.4. The van der Waals surface area contributed by atoms with E-state index in [4.69, 9.17) is 9.47 Å². The molecule has 1 aliphatic carbocycles. The Kier molecular flexibility index (Phi) is 5.41. The minimum Gasteiger partial charge on any atom is -0.497 e. The first-order valence-corrected chi connectivity index (χ1v) is 8.86. The first-order valence-electron chi connectivity index (χ1n) is 8.07. The van der Waals surface area contributed by atoms with Gasteiger partial charge >= 0.3 is 0 Å². The molecule has 1 N–H and O–H groups in total. The van der Waals surface area contributed by atoms with Crippen LogP contribution < -0.4 is 14.8 Å². The predicted octanol–water partition coefficient (Wildman–Crippen LogP) is 5.03. The molecule has 0 unspecified atom stereocenters. The van der Waals surface area contributed by atoms with E-state index in [2.05, 4.69) is 21.2 Å². The number of ether oxygens (including phenoxy) is 2. The lowest BCUT2D eigenvalue weighted by Crippen LogP contribution is -2.14. The summed E-state index contributed by atoms with van der Waals surface area (Å²) in [5, 5.41) is 2.91. The number of nitrogens with one attached hydrogen (secondary N) is 1. The van der Waals surface area contributed by atoms with Crippen molar-refractivity contribution in [3.8, 4) is 11.5 Å². The third-order valence-electron chi connectivity index (χ3n) is 4.12. The van der Waals surface area contributed by atoms with Crippen LogP contribution in [-0.2, 0) is 0 Å². The number of halogens is 1. The lowest BCUT2D eigenvalue weighted by atomic mass is 10.2. The molecule has 3 rings (SSSR count). The SMILES string of the molecule is COc1ccc(Br)c(C(=O)Nc2cccc(OC3CCCC3)c2)c1. The van der Waals surface area contributed by atoms with Crippen LogP contribution in [0.15, 0.2) is 46.9 Å². The zero-order chi connectivity index (χ0) is 16.9. The van der Waals surface area contributed by atoms with Crippen LogP contribution in [-0.4, -0.2) is 19.1 Å². The topological polar surface area (TPSA) is 47.6 Å². The van der Waals surface area contributed by atoms with Crippen LogP contribution in [0.1, 0.15) is 36.0 Å². The van der Waals surface area contributed by atoms with Gasteiger partial charge in [-0.25, -0.2) is 0 Å². The van der Waals surface area contributed by atoms with Crippen molar-refractivity contribution in [1.82, 2.24) is 0 Å². The maximum absolute atomic E-state index is 12.5. The van der Waals surface area contributed by atoms with Crippen molar-refractivity contribution in [3.63, 3.8) is 0 Å². The molecule has 1 amide bonds. The summed E-state index contributed by atoms with van der Waals surface area (Å²) in [4.78, 5) is 12.5. The van der Waals surface area contributed by atoms with Crippen LogP contribution in [0, 0.1) is 0 Å². The zero-order valence-corrected chi connectivity index (χ0v) is 15.1. The fourth-order valence-corrected chi connectivity index (χ4v) is 3.28. The van der Waals surface area contributed by atoms with Crippen LogP contribution in [0.2, 0.25) is 0 Å². The average molecular weight is 390 g/mol. The molecule has 24 heavy (non-hydrogen) atoms. The maximum atomic E-state index is 12.5. The molecule has 0 heterocycles. The highest BCUT2D eigenvalue weighted by molar-refractivity contribution is 9.10. The second kappa shape index (κ2) is 7.71. The quantitative estimate of drug-likeness (QED) is 0.779. The van der Waals surface area contributed by atoms with Gasteiger partial charge in [-0.3, -0.25) is 4.79 Å². The summed E-state index contributed by atoms with van der Waals surface area (Å²) in [6.45, 7) is 0. The molecule has 0 aliphatic heterocycles. The molecule has 2 aromatic carbocycles. The summed E-state index contributed by atoms with van der Waals surface area (Å²) < 4.78 is 11.9. The minimum atomic E-state index is -0.196. The molecule has 1 aliphatic rings. The van der Waals surface area contributed by atoms with Gasteiger partial charge in [0.1, 0.15) is 11.5 Å². The summed E-state index contributed by atoms with van der Waals surface area (Å²) in [6.07, 6.45) is 4.96. The van der Waals surface area contributed by atoms with Crippen molar-refractivity contribution in [1.29, 1.82) is 0 Å². The molecular formula is C19H20BrNO3. The van der Waals surface area contributed by atoms with Crippen molar-refractivity contribution >= 4 is 27.5 Å². The predicted molar refractivity (Wildman–Crippen MR) is 98.0 cm³/mol. The summed E-state index contributed by atoms with van der Waals surface area (Å²) in [6, 6.07) is 12.8. The fourth-order valence-electron chi connectivity index (χ4n) is 2.85. The Balaban J connectivity index is 1.72. The monoisotopic (exact) mass is 389 g/mol. The second-order valence-corrected chi connectivity index (χ2v) is 6.71. The van der Waals surface area contributed by atoms with Gasteiger partial charge in [0.25, 0.3) is 5.91 Å². The van der Waals surface area contributed by atoms with Crippen molar-refractivity contribution in [2.24, 2.45) is 0 Å². The van der Waals surface area contributed by atoms with Gasteiger partial charge in [-0.15, -0.1) is 0 Å². The van der Waals surface area contributed by atoms with Crippen LogP contribution >= 0.6 is 15.9 Å². The number of anilines is 1. The van der Waals surface area contributed by atoms with Gasteiger partial charge in [-0.05, 0) is 71.9 Å². The van der Waals surface area contributed by atoms with E-state index in [1.54, 1.807) is 25.3 Å². The van der Waals surface area contributed by atoms with Crippen molar-refractivity contribution in [3.05, 3.63) is 52.5 Å². The number of methoxy groups -OCH3 is 1. The Bertz CT molecular complexity index is 726. The first kappa shape index (κ1) is 16.8. The fraction of sp³-hybridized carbons (Fsp3) is 0.316. The molecule has 2 aromatic rings. The van der Waals surface area contributed by atoms with E-state index in [9.17, 15) is 4.79 Å². The zero-order valence-electron chi connectivity index (χ0n) is 13.5. The van der Waals surface area contributed by atoms with E-state index in [-0.39, 0.29) is 5.91 Å². The Morgan fingerprint density at radius 2 is 1.92 bits per heavy atom. The summed E-state index contributed by atoms with van der Waals surface area (Å²) in [5.41, 5.74) is 1.24. The Labute approximate surface area is 150 Å². The number of carbonyl (C=O) groups excluding carboxylic acids is 1. The van der Waals surface area contributed by atoms with Crippen molar-refractivity contribution in [2.45, 2.75) is 31.8 Å². The molecule has 4 nitrogen and oxygen atoms in total. The number of amides is 1. The number of hydrogen-bond acceptors (Lipinski definition) is 3. The summed E-state index contributed by atoms with van der Waals surface area (Å²) in [7, 11) is 1.58. The average Bonchev–Trinajstić information content (AvgIpc) is 3.08. The molecule has 0 saturated heterocycles. The van der Waals surface area contributed by atoms with Gasteiger partial charge in [0, 0.05) is 16.2 Å². The summed E-state index contributed by atoms with van der Waals surface area (Å²) in [5.74, 6) is 1.24. The van der Waals surface area contributed by atoms with Crippen LogP contribution in [0.3, 0.4) is 0 Å². The Morgan fingerprint density at radius 3 is 2.67 bits per heavy atom. The molecule has 0 aromatic heterocycles. The first-order chi connectivity index (χ1) is 11.7. The molecule has 1 fully saturated rings. The van der Waals surface area contributed by atoms with Crippen molar-refractivity contribution < 1.29 is 14.3 Å². The molecule has 5 heteroatoms. The van der Waals surface area contributed by atoms with Gasteiger partial charge in [-0.2, -0.15) is 0 Å². The van der Waals surface area contributed by atoms with E-state index < -0.39 is 0 Å². The number of rotatable bonds is 5. The third-order valence-corrected chi connectivity index (χ3v) is 4.81. The smallest absolute Gasteiger partial charge is 0.256 e. The highest BCUT2D eigenvalue weighted by Gasteiger charge is 2.17. The largest absolute Gasteiger partial charge is 0.497 e. The lowest BCUT2D eigenvalue weighted by molar-refractivity contribution is 0.102. The lowest BCUT2D eigenvalue weighted by Gasteiger charge is -2.14. The van der Waals surface area contributed by atoms with E-state index in [1.165, 1.54) is 12.8 Å². The molecule has 0 atom stereocenters. The van der Waals surface area contributed by atoms with Gasteiger partial charge in [0.15, 0.2) is 0 Å². The van der Waals surface area contributed by atoms with Crippen LogP contribution in [0.25, 0.3) is 0 Å². The third kappa shape index (κ3) is 4.09. The van der Waals surface area contributed by atoms with E-state index in [1.807, 2.05) is 24.3 Å². The van der Waals surface area contributed by atoms with Crippen LogP contribution in [0.4, 0.5) is 5.69 Å². The molecule has 126 valence electrons. The molecule has 0 radical (unpaired) electrons. The van der Waals surface area contributed by atoms with Crippen LogP contribution in [0.5, 0.6) is 11.5 Å². The molecule has 0 spiro atoms. The summed E-state index contributed by atoms with van der Waals surface area (Å²) >= 11 is 3.41. The molecule has 1 saturated carbocycles. The molecule has 0 bridgehead atoms. The number of benzene rings is 2. The molecular weight excluding hydrogens is 370 g/mol. The Hall–Kier alpha value is -2.01. The Morgan fingerprint density at radius 1 is 1.12 bits per heavy atom. The van der Waals surface area contributed by atoms with E-state index in [0.29, 0.717) is 23.1 Å². The highest BCUT2D eigenvalue weighted by Crippen LogP contribution is 2.27. The van der Waals surface area contributed by atoms with Gasteiger partial charge in [0.05, 0.1) is 18.8 Å².